The summed E-state index contributed by atoms with van der Waals surface area (Å²) in [4.78, 5) is 10.8. The second-order valence-corrected chi connectivity index (χ2v) is 7.17. The molecule has 2 N–H and O–H groups in total. The van der Waals surface area contributed by atoms with Gasteiger partial charge in [0, 0.05) is 50.2 Å². The molecule has 1 saturated heterocycles. The SMILES string of the molecule is CCNc1ncc(CN2CCC(NS(C)(=O)=O)CC2)cn1. The van der Waals surface area contributed by atoms with Gasteiger partial charge in [-0.25, -0.2) is 23.1 Å². The molecular formula is C13H23N5O2S. The lowest BCUT2D eigenvalue weighted by Crippen LogP contribution is -2.43. The lowest BCUT2D eigenvalue weighted by atomic mass is 10.1. The topological polar surface area (TPSA) is 87.2 Å². The summed E-state index contributed by atoms with van der Waals surface area (Å²) in [5, 5.41) is 3.06. The van der Waals surface area contributed by atoms with Crippen molar-refractivity contribution in [2.24, 2.45) is 0 Å². The van der Waals surface area contributed by atoms with Gasteiger partial charge in [-0.3, -0.25) is 4.90 Å². The van der Waals surface area contributed by atoms with Gasteiger partial charge >= 0.3 is 0 Å². The zero-order chi connectivity index (χ0) is 15.3. The molecule has 21 heavy (non-hydrogen) atoms. The molecule has 2 heterocycles. The van der Waals surface area contributed by atoms with Crippen molar-refractivity contribution < 1.29 is 8.42 Å². The molecule has 2 rings (SSSR count). The standard InChI is InChI=1S/C13H23N5O2S/c1-3-14-13-15-8-11(9-16-13)10-18-6-4-12(5-7-18)17-21(2,19)20/h8-9,12,17H,3-7,10H2,1-2H3,(H,14,15,16). The number of likely N-dealkylation sites (tertiary alicyclic amines) is 1. The minimum absolute atomic E-state index is 0.0589. The van der Waals surface area contributed by atoms with Crippen LogP contribution in [0.2, 0.25) is 0 Å². The van der Waals surface area contributed by atoms with Crippen molar-refractivity contribution in [2.75, 3.05) is 31.2 Å². The summed E-state index contributed by atoms with van der Waals surface area (Å²) >= 11 is 0. The van der Waals surface area contributed by atoms with Crippen LogP contribution in [-0.2, 0) is 16.6 Å². The fraction of sp³-hybridized carbons (Fsp3) is 0.692. The minimum Gasteiger partial charge on any atom is -0.355 e. The summed E-state index contributed by atoms with van der Waals surface area (Å²) in [6.07, 6.45) is 6.56. The van der Waals surface area contributed by atoms with Crippen molar-refractivity contribution in [3.63, 3.8) is 0 Å². The summed E-state index contributed by atoms with van der Waals surface area (Å²) < 4.78 is 25.1. The van der Waals surface area contributed by atoms with E-state index >= 15 is 0 Å². The highest BCUT2D eigenvalue weighted by Crippen LogP contribution is 2.14. The summed E-state index contributed by atoms with van der Waals surface area (Å²) in [5.74, 6) is 0.650. The Kier molecular flexibility index (Phi) is 5.49. The van der Waals surface area contributed by atoms with Crippen molar-refractivity contribution in [1.82, 2.24) is 19.6 Å². The van der Waals surface area contributed by atoms with Gasteiger partial charge in [0.15, 0.2) is 0 Å². The number of piperidine rings is 1. The fourth-order valence-electron chi connectivity index (χ4n) is 2.46. The van der Waals surface area contributed by atoms with Crippen LogP contribution in [0.3, 0.4) is 0 Å². The third kappa shape index (κ3) is 5.56. The maximum atomic E-state index is 11.2. The second kappa shape index (κ2) is 7.15. The van der Waals surface area contributed by atoms with Crippen molar-refractivity contribution in [3.8, 4) is 0 Å². The smallest absolute Gasteiger partial charge is 0.222 e. The normalized spacial score (nSPS) is 17.8. The quantitative estimate of drug-likeness (QED) is 0.791. The molecule has 1 aromatic heterocycles. The van der Waals surface area contributed by atoms with E-state index in [0.717, 1.165) is 44.6 Å². The maximum Gasteiger partial charge on any atom is 0.222 e. The van der Waals surface area contributed by atoms with E-state index in [9.17, 15) is 8.42 Å². The maximum absolute atomic E-state index is 11.2. The van der Waals surface area contributed by atoms with E-state index < -0.39 is 10.0 Å². The van der Waals surface area contributed by atoms with E-state index in [1.807, 2.05) is 19.3 Å². The predicted octanol–water partition coefficient (Wildman–Crippen LogP) is 0.422. The zero-order valence-corrected chi connectivity index (χ0v) is 13.4. The third-order valence-electron chi connectivity index (χ3n) is 3.41. The molecule has 1 aliphatic rings. The van der Waals surface area contributed by atoms with Gasteiger partial charge in [0.05, 0.1) is 6.26 Å². The lowest BCUT2D eigenvalue weighted by Gasteiger charge is -2.31. The number of nitrogens with zero attached hydrogens (tertiary/aromatic N) is 3. The largest absolute Gasteiger partial charge is 0.355 e. The van der Waals surface area contributed by atoms with E-state index in [4.69, 9.17) is 0 Å². The van der Waals surface area contributed by atoms with Crippen LogP contribution >= 0.6 is 0 Å². The van der Waals surface area contributed by atoms with Crippen LogP contribution in [0.25, 0.3) is 0 Å². The fourth-order valence-corrected chi connectivity index (χ4v) is 3.30. The molecule has 0 aromatic carbocycles. The van der Waals surface area contributed by atoms with Crippen LogP contribution in [0, 0.1) is 0 Å². The van der Waals surface area contributed by atoms with E-state index in [-0.39, 0.29) is 6.04 Å². The van der Waals surface area contributed by atoms with E-state index in [0.29, 0.717) is 5.95 Å². The Labute approximate surface area is 126 Å². The molecule has 0 radical (unpaired) electrons. The van der Waals surface area contributed by atoms with Gasteiger partial charge in [-0.2, -0.15) is 0 Å². The molecule has 1 aliphatic heterocycles. The van der Waals surface area contributed by atoms with Gasteiger partial charge in [0.2, 0.25) is 16.0 Å². The Hall–Kier alpha value is -1.25. The molecule has 0 amide bonds. The van der Waals surface area contributed by atoms with Crippen LogP contribution < -0.4 is 10.0 Å². The van der Waals surface area contributed by atoms with Gasteiger partial charge in [0.1, 0.15) is 0 Å². The Morgan fingerprint density at radius 3 is 2.43 bits per heavy atom. The highest BCUT2D eigenvalue weighted by molar-refractivity contribution is 7.88. The molecule has 0 spiro atoms. The van der Waals surface area contributed by atoms with Gasteiger partial charge in [0.25, 0.3) is 0 Å². The first-order chi connectivity index (χ1) is 9.96. The first-order valence-corrected chi connectivity index (χ1v) is 9.10. The molecule has 1 fully saturated rings. The van der Waals surface area contributed by atoms with E-state index in [2.05, 4.69) is 24.9 Å². The average Bonchev–Trinajstić information content (AvgIpc) is 2.42. The van der Waals surface area contributed by atoms with Crippen LogP contribution in [0.15, 0.2) is 12.4 Å². The Morgan fingerprint density at radius 2 is 1.90 bits per heavy atom. The Bertz CT molecular complexity index is 538. The average molecular weight is 313 g/mol. The monoisotopic (exact) mass is 313 g/mol. The number of nitrogens with one attached hydrogen (secondary N) is 2. The van der Waals surface area contributed by atoms with Crippen molar-refractivity contribution in [2.45, 2.75) is 32.4 Å². The molecule has 1 aromatic rings. The summed E-state index contributed by atoms with van der Waals surface area (Å²) in [6.45, 7) is 5.37. The Morgan fingerprint density at radius 1 is 1.29 bits per heavy atom. The lowest BCUT2D eigenvalue weighted by molar-refractivity contribution is 0.199. The van der Waals surface area contributed by atoms with Crippen molar-refractivity contribution in [3.05, 3.63) is 18.0 Å². The molecule has 0 saturated carbocycles. The van der Waals surface area contributed by atoms with E-state index in [1.165, 1.54) is 6.26 Å². The first kappa shape index (κ1) is 16.1. The molecule has 0 bridgehead atoms. The van der Waals surface area contributed by atoms with Crippen molar-refractivity contribution in [1.29, 1.82) is 0 Å². The number of hydrogen-bond donors (Lipinski definition) is 2. The van der Waals surface area contributed by atoms with Crippen molar-refractivity contribution >= 4 is 16.0 Å². The molecular weight excluding hydrogens is 290 g/mol. The third-order valence-corrected chi connectivity index (χ3v) is 4.18. The van der Waals surface area contributed by atoms with Gasteiger partial charge < -0.3 is 5.32 Å². The number of sulfonamides is 1. The second-order valence-electron chi connectivity index (χ2n) is 5.39. The van der Waals surface area contributed by atoms with Gasteiger partial charge in [-0.15, -0.1) is 0 Å². The summed E-state index contributed by atoms with van der Waals surface area (Å²) in [6, 6.07) is 0.0589. The molecule has 8 heteroatoms. The molecule has 7 nitrogen and oxygen atoms in total. The highest BCUT2D eigenvalue weighted by atomic mass is 32.2. The van der Waals surface area contributed by atoms with Crippen LogP contribution in [0.5, 0.6) is 0 Å². The highest BCUT2D eigenvalue weighted by Gasteiger charge is 2.21. The number of hydrogen-bond acceptors (Lipinski definition) is 6. The minimum atomic E-state index is -3.11. The van der Waals surface area contributed by atoms with Crippen LogP contribution in [0.4, 0.5) is 5.95 Å². The first-order valence-electron chi connectivity index (χ1n) is 7.20. The predicted molar refractivity (Wildman–Crippen MR) is 82.5 cm³/mol. The number of anilines is 1. The molecule has 0 unspecified atom stereocenters. The van der Waals surface area contributed by atoms with Gasteiger partial charge in [-0.1, -0.05) is 0 Å². The molecule has 0 atom stereocenters. The van der Waals surface area contributed by atoms with E-state index in [1.54, 1.807) is 0 Å². The summed E-state index contributed by atoms with van der Waals surface area (Å²) in [7, 11) is -3.11. The zero-order valence-electron chi connectivity index (χ0n) is 12.5. The number of aromatic nitrogens is 2. The van der Waals surface area contributed by atoms with Crippen LogP contribution in [0.1, 0.15) is 25.3 Å². The molecule has 118 valence electrons. The Balaban J connectivity index is 1.80. The number of rotatable bonds is 6. The summed E-state index contributed by atoms with van der Waals surface area (Å²) in [5.41, 5.74) is 1.08. The molecule has 0 aliphatic carbocycles. The van der Waals surface area contributed by atoms with Gasteiger partial charge in [-0.05, 0) is 19.8 Å². The van der Waals surface area contributed by atoms with Crippen LogP contribution in [-0.4, -0.2) is 55.2 Å².